The number of aryl methyl sites for hydroxylation is 2. The Balaban J connectivity index is 1.80. The summed E-state index contributed by atoms with van der Waals surface area (Å²) in [6.45, 7) is 5.81. The summed E-state index contributed by atoms with van der Waals surface area (Å²) < 4.78 is 0. The van der Waals surface area contributed by atoms with Gasteiger partial charge in [0, 0.05) is 11.4 Å². The molecule has 0 spiro atoms. The molecule has 128 valence electrons. The van der Waals surface area contributed by atoms with Crippen LogP contribution in [0.2, 0.25) is 0 Å². The minimum absolute atomic E-state index is 0.0804. The highest BCUT2D eigenvalue weighted by Crippen LogP contribution is 2.33. The summed E-state index contributed by atoms with van der Waals surface area (Å²) in [5.74, 6) is -0.0804. The van der Waals surface area contributed by atoms with E-state index >= 15 is 0 Å². The van der Waals surface area contributed by atoms with Crippen molar-refractivity contribution in [3.63, 3.8) is 0 Å². The maximum Gasteiger partial charge on any atom is 0.237 e. The lowest BCUT2D eigenvalue weighted by Gasteiger charge is -2.15. The van der Waals surface area contributed by atoms with Gasteiger partial charge in [-0.3, -0.25) is 4.79 Å². The number of thioether (sulfide) groups is 1. The number of amides is 1. The lowest BCUT2D eigenvalue weighted by molar-refractivity contribution is -0.115. The van der Waals surface area contributed by atoms with Gasteiger partial charge in [-0.05, 0) is 62.8 Å². The van der Waals surface area contributed by atoms with E-state index in [0.717, 1.165) is 41.8 Å². The number of anilines is 1. The fourth-order valence-electron chi connectivity index (χ4n) is 3.13. The van der Waals surface area contributed by atoms with Gasteiger partial charge >= 0.3 is 0 Å². The first-order chi connectivity index (χ1) is 12.0. The summed E-state index contributed by atoms with van der Waals surface area (Å²) >= 11 is 1.36. The summed E-state index contributed by atoms with van der Waals surface area (Å²) in [5.41, 5.74) is 5.79. The Morgan fingerprint density at radius 3 is 2.80 bits per heavy atom. The highest BCUT2D eigenvalue weighted by atomic mass is 32.2. The molecule has 1 aliphatic carbocycles. The smallest absolute Gasteiger partial charge is 0.237 e. The molecule has 0 aliphatic heterocycles. The monoisotopic (exact) mass is 351 g/mol. The van der Waals surface area contributed by atoms with Crippen LogP contribution in [0.25, 0.3) is 0 Å². The summed E-state index contributed by atoms with van der Waals surface area (Å²) in [4.78, 5) is 17.2. The zero-order chi connectivity index (χ0) is 18.0. The Bertz CT molecular complexity index is 870. The number of pyridine rings is 1. The number of hydrogen-bond donors (Lipinski definition) is 1. The molecule has 1 unspecified atom stereocenters. The van der Waals surface area contributed by atoms with Gasteiger partial charge in [0.15, 0.2) is 0 Å². The van der Waals surface area contributed by atoms with Gasteiger partial charge in [0.1, 0.15) is 11.1 Å². The molecule has 1 heterocycles. The molecule has 0 bridgehead atoms. The summed E-state index contributed by atoms with van der Waals surface area (Å²) in [6, 6.07) is 9.98. The molecule has 1 aliphatic rings. The van der Waals surface area contributed by atoms with E-state index in [2.05, 4.69) is 11.4 Å². The molecule has 2 aromatic rings. The van der Waals surface area contributed by atoms with Crippen LogP contribution in [0, 0.1) is 25.2 Å². The van der Waals surface area contributed by atoms with Gasteiger partial charge in [-0.25, -0.2) is 4.98 Å². The van der Waals surface area contributed by atoms with E-state index < -0.39 is 0 Å². The van der Waals surface area contributed by atoms with Crippen molar-refractivity contribution in [2.24, 2.45) is 0 Å². The molecule has 1 aromatic carbocycles. The van der Waals surface area contributed by atoms with Gasteiger partial charge in [-0.15, -0.1) is 0 Å². The van der Waals surface area contributed by atoms with Crippen molar-refractivity contribution in [3.05, 3.63) is 52.2 Å². The van der Waals surface area contributed by atoms with Crippen LogP contribution >= 0.6 is 11.8 Å². The predicted octanol–water partition coefficient (Wildman–Crippen LogP) is 4.18. The zero-order valence-corrected chi connectivity index (χ0v) is 15.5. The number of nitrogens with one attached hydrogen (secondary N) is 1. The van der Waals surface area contributed by atoms with Gasteiger partial charge in [0.2, 0.25) is 5.91 Å². The van der Waals surface area contributed by atoms with Crippen molar-refractivity contribution in [2.75, 3.05) is 5.32 Å². The summed E-state index contributed by atoms with van der Waals surface area (Å²) in [7, 11) is 0. The third-order valence-corrected chi connectivity index (χ3v) is 5.73. The molecule has 0 radical (unpaired) electrons. The average molecular weight is 351 g/mol. The Morgan fingerprint density at radius 1 is 1.32 bits per heavy atom. The SMILES string of the molecule is Cc1ccccc1NC(=O)C(C)Sc1nc2c(c(C)c1C#N)CCC2. The maximum absolute atomic E-state index is 12.5. The average Bonchev–Trinajstić information content (AvgIpc) is 3.06. The molecule has 4 nitrogen and oxygen atoms in total. The van der Waals surface area contributed by atoms with Gasteiger partial charge in [0.05, 0.1) is 10.8 Å². The van der Waals surface area contributed by atoms with E-state index in [9.17, 15) is 10.1 Å². The van der Waals surface area contributed by atoms with Crippen LogP contribution in [-0.2, 0) is 17.6 Å². The summed E-state index contributed by atoms with van der Waals surface area (Å²) in [5, 5.41) is 12.9. The first kappa shape index (κ1) is 17.5. The van der Waals surface area contributed by atoms with Gasteiger partial charge in [0.25, 0.3) is 0 Å². The molecular weight excluding hydrogens is 330 g/mol. The summed E-state index contributed by atoms with van der Waals surface area (Å²) in [6.07, 6.45) is 3.04. The Hall–Kier alpha value is -2.32. The highest BCUT2D eigenvalue weighted by Gasteiger charge is 2.24. The number of hydrogen-bond acceptors (Lipinski definition) is 4. The van der Waals surface area contributed by atoms with Gasteiger partial charge in [-0.2, -0.15) is 5.26 Å². The molecule has 1 amide bonds. The molecule has 1 N–H and O–H groups in total. The number of aromatic nitrogens is 1. The highest BCUT2D eigenvalue weighted by molar-refractivity contribution is 8.00. The van der Waals surface area contributed by atoms with Crippen LogP contribution < -0.4 is 5.32 Å². The minimum atomic E-state index is -0.335. The van der Waals surface area contributed by atoms with Crippen molar-refractivity contribution in [2.45, 2.75) is 50.3 Å². The second-order valence-electron chi connectivity index (χ2n) is 6.37. The van der Waals surface area contributed by atoms with Crippen molar-refractivity contribution < 1.29 is 4.79 Å². The fourth-order valence-corrected chi connectivity index (χ4v) is 4.11. The van der Waals surface area contributed by atoms with E-state index in [1.54, 1.807) is 0 Å². The van der Waals surface area contributed by atoms with Gasteiger partial charge < -0.3 is 5.32 Å². The van der Waals surface area contributed by atoms with Crippen LogP contribution in [0.3, 0.4) is 0 Å². The Morgan fingerprint density at radius 2 is 2.08 bits per heavy atom. The van der Waals surface area contributed by atoms with Crippen LogP contribution in [0.5, 0.6) is 0 Å². The largest absolute Gasteiger partial charge is 0.325 e. The minimum Gasteiger partial charge on any atom is -0.325 e. The van der Waals surface area contributed by atoms with E-state index in [4.69, 9.17) is 4.98 Å². The van der Waals surface area contributed by atoms with Crippen LogP contribution in [-0.4, -0.2) is 16.1 Å². The van der Waals surface area contributed by atoms with Crippen molar-refractivity contribution in [1.82, 2.24) is 4.98 Å². The third kappa shape index (κ3) is 3.54. The third-order valence-electron chi connectivity index (χ3n) is 4.64. The number of carbonyl (C=O) groups excluding carboxylic acids is 1. The number of fused-ring (bicyclic) bond motifs is 1. The van der Waals surface area contributed by atoms with Crippen molar-refractivity contribution in [3.8, 4) is 6.07 Å². The van der Waals surface area contributed by atoms with Gasteiger partial charge in [-0.1, -0.05) is 30.0 Å². The normalized spacial score (nSPS) is 13.8. The predicted molar refractivity (Wildman–Crippen MR) is 101 cm³/mol. The fraction of sp³-hybridized carbons (Fsp3) is 0.350. The molecule has 3 rings (SSSR count). The molecule has 1 atom stereocenters. The molecule has 0 saturated carbocycles. The van der Waals surface area contributed by atoms with E-state index in [0.29, 0.717) is 10.6 Å². The van der Waals surface area contributed by atoms with Crippen LogP contribution in [0.15, 0.2) is 29.3 Å². The number of benzene rings is 1. The van der Waals surface area contributed by atoms with Crippen LogP contribution in [0.4, 0.5) is 5.69 Å². The van der Waals surface area contributed by atoms with E-state index in [1.165, 1.54) is 17.3 Å². The lowest BCUT2D eigenvalue weighted by atomic mass is 10.0. The standard InChI is InChI=1S/C20H21N3OS/c1-12-7-4-5-9-17(12)22-19(24)14(3)25-20-16(11-21)13(2)15-8-6-10-18(15)23-20/h4-5,7,9,14H,6,8,10H2,1-3H3,(H,22,24). The Kier molecular flexibility index (Phi) is 5.10. The molecule has 0 fully saturated rings. The first-order valence-corrected chi connectivity index (χ1v) is 9.34. The molecule has 1 aromatic heterocycles. The van der Waals surface area contributed by atoms with E-state index in [1.807, 2.05) is 45.0 Å². The number of nitriles is 1. The van der Waals surface area contributed by atoms with E-state index in [-0.39, 0.29) is 11.2 Å². The lowest BCUT2D eigenvalue weighted by Crippen LogP contribution is -2.23. The number of carbonyl (C=O) groups is 1. The van der Waals surface area contributed by atoms with Crippen molar-refractivity contribution >= 4 is 23.4 Å². The molecule has 25 heavy (non-hydrogen) atoms. The number of rotatable bonds is 4. The molecule has 0 saturated heterocycles. The Labute approximate surface area is 152 Å². The number of para-hydroxylation sites is 1. The second-order valence-corrected chi connectivity index (χ2v) is 7.70. The first-order valence-electron chi connectivity index (χ1n) is 8.47. The quantitative estimate of drug-likeness (QED) is 0.839. The number of nitrogens with zero attached hydrogens (tertiary/aromatic N) is 2. The topological polar surface area (TPSA) is 65.8 Å². The maximum atomic E-state index is 12.5. The zero-order valence-electron chi connectivity index (χ0n) is 14.7. The molecule has 5 heteroatoms. The molecular formula is C20H21N3OS. The second kappa shape index (κ2) is 7.28. The van der Waals surface area contributed by atoms with Crippen molar-refractivity contribution in [1.29, 1.82) is 5.26 Å². The van der Waals surface area contributed by atoms with Crippen LogP contribution in [0.1, 0.15) is 41.3 Å².